The summed E-state index contributed by atoms with van der Waals surface area (Å²) in [5.74, 6) is 0.0390. The van der Waals surface area contributed by atoms with Crippen molar-refractivity contribution in [2.75, 3.05) is 13.1 Å². The van der Waals surface area contributed by atoms with E-state index in [0.29, 0.717) is 6.04 Å². The lowest BCUT2D eigenvalue weighted by Crippen LogP contribution is -2.89. The van der Waals surface area contributed by atoms with E-state index in [9.17, 15) is 4.79 Å². The molecule has 0 aliphatic carbocycles. The summed E-state index contributed by atoms with van der Waals surface area (Å²) in [5.41, 5.74) is 0. The fraction of sp³-hybridized carbons (Fsp3) is 0.500. The largest absolute Gasteiger partial charge is 0.346 e. The van der Waals surface area contributed by atoms with Crippen LogP contribution in [0.15, 0.2) is 17.5 Å². The molecule has 3 nitrogen and oxygen atoms in total. The summed E-state index contributed by atoms with van der Waals surface area (Å²) in [7, 11) is 0. The molecule has 0 aromatic carbocycles. The third kappa shape index (κ3) is 3.89. The number of carbonyl (C=O) groups excluding carboxylic acids is 1. The average Bonchev–Trinajstić information content (AvgIpc) is 2.64. The van der Waals surface area contributed by atoms with Crippen LogP contribution in [0.3, 0.4) is 0 Å². The molecule has 1 aromatic heterocycles. The first kappa shape index (κ1) is 11.2. The van der Waals surface area contributed by atoms with E-state index in [2.05, 4.69) is 24.5 Å². The monoisotopic (exact) mass is 213 g/mol. The van der Waals surface area contributed by atoms with Crippen molar-refractivity contribution in [3.63, 3.8) is 0 Å². The van der Waals surface area contributed by atoms with Crippen LogP contribution < -0.4 is 10.6 Å². The van der Waals surface area contributed by atoms with Crippen LogP contribution in [0.1, 0.15) is 23.5 Å². The maximum Gasteiger partial charge on any atom is 0.261 e. The molecule has 4 heteroatoms. The highest BCUT2D eigenvalue weighted by Crippen LogP contribution is 2.07. The Morgan fingerprint density at radius 3 is 3.00 bits per heavy atom. The number of carbonyl (C=O) groups is 1. The molecule has 0 saturated carbocycles. The quantitative estimate of drug-likeness (QED) is 0.685. The number of nitrogens with one attached hydrogen (secondary N) is 1. The van der Waals surface area contributed by atoms with Crippen molar-refractivity contribution in [3.8, 4) is 0 Å². The maximum absolute atomic E-state index is 11.4. The first-order valence-corrected chi connectivity index (χ1v) is 5.73. The van der Waals surface area contributed by atoms with Gasteiger partial charge in [0.15, 0.2) is 0 Å². The first-order chi connectivity index (χ1) is 6.70. The lowest BCUT2D eigenvalue weighted by molar-refractivity contribution is -0.681. The van der Waals surface area contributed by atoms with Gasteiger partial charge >= 0.3 is 0 Å². The van der Waals surface area contributed by atoms with E-state index in [1.54, 1.807) is 0 Å². The van der Waals surface area contributed by atoms with E-state index in [4.69, 9.17) is 0 Å². The molecule has 0 atom stereocenters. The summed E-state index contributed by atoms with van der Waals surface area (Å²) in [4.78, 5) is 12.2. The molecule has 0 saturated heterocycles. The molecule has 1 rings (SSSR count). The zero-order valence-electron chi connectivity index (χ0n) is 8.62. The van der Waals surface area contributed by atoms with E-state index >= 15 is 0 Å². The standard InChI is InChI=1S/C10H16N2OS/c1-8(2)11-5-6-12-10(13)9-4-3-7-14-9/h3-4,7-8,11H,5-6H2,1-2H3,(H,12,13)/p+1. The molecule has 1 amide bonds. The summed E-state index contributed by atoms with van der Waals surface area (Å²) in [6, 6.07) is 4.32. The van der Waals surface area contributed by atoms with Crippen molar-refractivity contribution >= 4 is 17.2 Å². The topological polar surface area (TPSA) is 45.7 Å². The van der Waals surface area contributed by atoms with Gasteiger partial charge in [-0.25, -0.2) is 0 Å². The van der Waals surface area contributed by atoms with Crippen LogP contribution >= 0.6 is 11.3 Å². The van der Waals surface area contributed by atoms with E-state index < -0.39 is 0 Å². The van der Waals surface area contributed by atoms with Gasteiger partial charge in [0, 0.05) is 0 Å². The molecule has 0 bridgehead atoms. The number of rotatable bonds is 5. The molecule has 0 spiro atoms. The highest BCUT2D eigenvalue weighted by Gasteiger charge is 2.05. The molecular weight excluding hydrogens is 196 g/mol. The summed E-state index contributed by atoms with van der Waals surface area (Å²) in [6.07, 6.45) is 0. The molecule has 0 radical (unpaired) electrons. The molecule has 78 valence electrons. The maximum atomic E-state index is 11.4. The normalized spacial score (nSPS) is 10.5. The minimum Gasteiger partial charge on any atom is -0.346 e. The second kappa shape index (κ2) is 5.78. The third-order valence-corrected chi connectivity index (χ3v) is 2.68. The van der Waals surface area contributed by atoms with Gasteiger partial charge in [-0.1, -0.05) is 6.07 Å². The van der Waals surface area contributed by atoms with Gasteiger partial charge in [-0.3, -0.25) is 4.79 Å². The van der Waals surface area contributed by atoms with Crippen LogP contribution in [0.5, 0.6) is 0 Å². The summed E-state index contributed by atoms with van der Waals surface area (Å²) in [6.45, 7) is 5.95. The molecule has 0 aliphatic heterocycles. The van der Waals surface area contributed by atoms with E-state index in [-0.39, 0.29) is 5.91 Å². The number of hydrogen-bond donors (Lipinski definition) is 2. The van der Waals surface area contributed by atoms with Crippen molar-refractivity contribution in [2.24, 2.45) is 0 Å². The lowest BCUT2D eigenvalue weighted by Gasteiger charge is -2.05. The van der Waals surface area contributed by atoms with Gasteiger partial charge in [0.2, 0.25) is 0 Å². The smallest absolute Gasteiger partial charge is 0.261 e. The number of nitrogens with two attached hydrogens (primary N) is 1. The first-order valence-electron chi connectivity index (χ1n) is 4.85. The SMILES string of the molecule is CC(C)[NH2+]CCNC(=O)c1cccs1. The predicted molar refractivity (Wildman–Crippen MR) is 58.6 cm³/mol. The number of amides is 1. The molecule has 3 N–H and O–H groups in total. The summed E-state index contributed by atoms with van der Waals surface area (Å²) >= 11 is 1.47. The van der Waals surface area contributed by atoms with Gasteiger partial charge in [0.05, 0.1) is 24.0 Å². The Morgan fingerprint density at radius 1 is 1.64 bits per heavy atom. The Bertz CT molecular complexity index is 270. The van der Waals surface area contributed by atoms with Gasteiger partial charge in [-0.05, 0) is 25.3 Å². The third-order valence-electron chi connectivity index (χ3n) is 1.81. The molecule has 0 aliphatic rings. The van der Waals surface area contributed by atoms with Crippen LogP contribution in [0.2, 0.25) is 0 Å². The molecule has 0 unspecified atom stereocenters. The number of thiophene rings is 1. The zero-order chi connectivity index (χ0) is 10.4. The van der Waals surface area contributed by atoms with Gasteiger partial charge in [0.25, 0.3) is 5.91 Å². The van der Waals surface area contributed by atoms with Crippen molar-refractivity contribution < 1.29 is 10.1 Å². The highest BCUT2D eigenvalue weighted by atomic mass is 32.1. The Balaban J connectivity index is 2.16. The van der Waals surface area contributed by atoms with Gasteiger partial charge in [-0.2, -0.15) is 0 Å². The van der Waals surface area contributed by atoms with Crippen LogP contribution in [0.25, 0.3) is 0 Å². The highest BCUT2D eigenvalue weighted by molar-refractivity contribution is 7.12. The van der Waals surface area contributed by atoms with Gasteiger partial charge in [-0.15, -0.1) is 11.3 Å². The Labute approximate surface area is 88.5 Å². The Kier molecular flexibility index (Phi) is 4.62. The van der Waals surface area contributed by atoms with Gasteiger partial charge in [0.1, 0.15) is 0 Å². The fourth-order valence-corrected chi connectivity index (χ4v) is 1.74. The van der Waals surface area contributed by atoms with Crippen LogP contribution in [-0.4, -0.2) is 25.0 Å². The minimum atomic E-state index is 0.0390. The van der Waals surface area contributed by atoms with Crippen molar-refractivity contribution in [2.45, 2.75) is 19.9 Å². The summed E-state index contributed by atoms with van der Waals surface area (Å²) < 4.78 is 0. The van der Waals surface area contributed by atoms with Crippen molar-refractivity contribution in [1.29, 1.82) is 0 Å². The minimum absolute atomic E-state index is 0.0390. The zero-order valence-corrected chi connectivity index (χ0v) is 9.43. The van der Waals surface area contributed by atoms with Crippen molar-refractivity contribution in [3.05, 3.63) is 22.4 Å². The predicted octanol–water partition coefficient (Wildman–Crippen LogP) is 0.450. The Morgan fingerprint density at radius 2 is 2.43 bits per heavy atom. The van der Waals surface area contributed by atoms with Crippen molar-refractivity contribution in [1.82, 2.24) is 5.32 Å². The van der Waals surface area contributed by atoms with E-state index in [1.807, 2.05) is 17.5 Å². The molecule has 14 heavy (non-hydrogen) atoms. The molecule has 0 fully saturated rings. The van der Waals surface area contributed by atoms with E-state index in [1.165, 1.54) is 11.3 Å². The second-order valence-corrected chi connectivity index (χ2v) is 4.45. The Hall–Kier alpha value is -0.870. The number of quaternary nitrogens is 1. The van der Waals surface area contributed by atoms with E-state index in [0.717, 1.165) is 18.0 Å². The second-order valence-electron chi connectivity index (χ2n) is 3.50. The lowest BCUT2D eigenvalue weighted by atomic mass is 10.4. The van der Waals surface area contributed by atoms with Crippen LogP contribution in [0.4, 0.5) is 0 Å². The average molecular weight is 213 g/mol. The molecule has 1 heterocycles. The van der Waals surface area contributed by atoms with Gasteiger partial charge < -0.3 is 10.6 Å². The molecule has 1 aromatic rings. The van der Waals surface area contributed by atoms with Crippen LogP contribution in [-0.2, 0) is 0 Å². The summed E-state index contributed by atoms with van der Waals surface area (Å²) in [5, 5.41) is 7.00. The molecular formula is C10H17N2OS+. The fourth-order valence-electron chi connectivity index (χ4n) is 1.10. The number of hydrogen-bond acceptors (Lipinski definition) is 2. The van der Waals surface area contributed by atoms with Crippen LogP contribution in [0, 0.1) is 0 Å².